The topological polar surface area (TPSA) is 143 Å². The van der Waals surface area contributed by atoms with Gasteiger partial charge in [0.25, 0.3) is 0 Å². The molecule has 0 saturated carbocycles. The maximum atomic E-state index is 12.0. The molecule has 10 heteroatoms. The van der Waals surface area contributed by atoms with Gasteiger partial charge in [-0.05, 0) is 27.7 Å². The van der Waals surface area contributed by atoms with Gasteiger partial charge in [0.05, 0.1) is 7.11 Å². The number of methoxy groups -OCH3 is 1. The highest BCUT2D eigenvalue weighted by molar-refractivity contribution is 5.94. The lowest BCUT2D eigenvalue weighted by molar-refractivity contribution is -0.144. The zero-order valence-corrected chi connectivity index (χ0v) is 15.3. The highest BCUT2D eigenvalue weighted by Crippen LogP contribution is 1.92. The van der Waals surface area contributed by atoms with Crippen LogP contribution in [0.25, 0.3) is 0 Å². The van der Waals surface area contributed by atoms with E-state index in [0.29, 0.717) is 0 Å². The minimum Gasteiger partial charge on any atom is -0.467 e. The molecular formula is C15H26N4O6. The molecule has 0 fully saturated rings. The zero-order valence-electron chi connectivity index (χ0n) is 15.3. The van der Waals surface area contributed by atoms with Crippen molar-refractivity contribution in [2.75, 3.05) is 7.11 Å². The lowest BCUT2D eigenvalue weighted by Crippen LogP contribution is -2.55. The van der Waals surface area contributed by atoms with Crippen molar-refractivity contribution in [1.29, 1.82) is 0 Å². The maximum Gasteiger partial charge on any atom is 0.328 e. The predicted octanol–water partition coefficient (Wildman–Crippen LogP) is -1.80. The molecule has 0 aromatic heterocycles. The van der Waals surface area contributed by atoms with Crippen LogP contribution in [0.15, 0.2) is 0 Å². The Bertz CT molecular complexity index is 536. The number of carbonyl (C=O) groups excluding carboxylic acids is 5. The van der Waals surface area contributed by atoms with Crippen LogP contribution in [0, 0.1) is 0 Å². The second-order valence-electron chi connectivity index (χ2n) is 5.64. The molecule has 0 aliphatic heterocycles. The van der Waals surface area contributed by atoms with Crippen LogP contribution in [-0.4, -0.2) is 60.9 Å². The van der Waals surface area contributed by atoms with E-state index in [1.54, 1.807) is 0 Å². The van der Waals surface area contributed by atoms with Crippen molar-refractivity contribution in [3.8, 4) is 0 Å². The van der Waals surface area contributed by atoms with Gasteiger partial charge in [0.15, 0.2) is 0 Å². The van der Waals surface area contributed by atoms with Crippen LogP contribution < -0.4 is 21.3 Å². The Kier molecular flexibility index (Phi) is 9.18. The Labute approximate surface area is 146 Å². The highest BCUT2D eigenvalue weighted by atomic mass is 16.5. The maximum absolute atomic E-state index is 12.0. The Hall–Kier alpha value is -2.65. The van der Waals surface area contributed by atoms with Crippen LogP contribution in [-0.2, 0) is 28.7 Å². The summed E-state index contributed by atoms with van der Waals surface area (Å²) in [6.45, 7) is 7.08. The third-order valence-electron chi connectivity index (χ3n) is 3.23. The average molecular weight is 358 g/mol. The van der Waals surface area contributed by atoms with Gasteiger partial charge in [-0.1, -0.05) is 0 Å². The summed E-state index contributed by atoms with van der Waals surface area (Å²) >= 11 is 0. The first-order valence-corrected chi connectivity index (χ1v) is 7.75. The standard InChI is InChI=1S/C15H26N4O6/c1-7(16-11(5)20)12(21)17-8(2)13(22)18-9(3)14(23)19-10(4)15(24)25-6/h7-10H,1-6H3,(H,16,20)(H,17,21)(H,18,22)(H,19,23)/t7-,8-,9-,10-/m0/s1. The number of hydrogen-bond donors (Lipinski definition) is 4. The lowest BCUT2D eigenvalue weighted by atomic mass is 10.2. The van der Waals surface area contributed by atoms with E-state index in [-0.39, 0.29) is 5.91 Å². The first kappa shape index (κ1) is 22.4. The van der Waals surface area contributed by atoms with Gasteiger partial charge in [-0.2, -0.15) is 0 Å². The molecule has 0 bridgehead atoms. The number of hydrogen-bond acceptors (Lipinski definition) is 6. The number of ether oxygens (including phenoxy) is 1. The molecule has 4 atom stereocenters. The molecule has 0 rings (SSSR count). The number of carbonyl (C=O) groups is 5. The molecule has 142 valence electrons. The van der Waals surface area contributed by atoms with E-state index in [1.807, 2.05) is 0 Å². The molecule has 4 N–H and O–H groups in total. The van der Waals surface area contributed by atoms with E-state index in [2.05, 4.69) is 26.0 Å². The third-order valence-corrected chi connectivity index (χ3v) is 3.23. The van der Waals surface area contributed by atoms with Gasteiger partial charge in [0.2, 0.25) is 23.6 Å². The van der Waals surface area contributed by atoms with Gasteiger partial charge in [0.1, 0.15) is 24.2 Å². The van der Waals surface area contributed by atoms with Crippen molar-refractivity contribution in [2.45, 2.75) is 58.8 Å². The fraction of sp³-hybridized carbons (Fsp3) is 0.667. The van der Waals surface area contributed by atoms with Gasteiger partial charge in [-0.15, -0.1) is 0 Å². The van der Waals surface area contributed by atoms with Gasteiger partial charge in [-0.25, -0.2) is 4.79 Å². The van der Waals surface area contributed by atoms with Crippen LogP contribution >= 0.6 is 0 Å². The van der Waals surface area contributed by atoms with Crippen LogP contribution in [0.2, 0.25) is 0 Å². The molecule has 0 aliphatic carbocycles. The van der Waals surface area contributed by atoms with E-state index in [0.717, 1.165) is 0 Å². The Morgan fingerprint density at radius 3 is 1.28 bits per heavy atom. The summed E-state index contributed by atoms with van der Waals surface area (Å²) in [5.41, 5.74) is 0. The fourth-order valence-electron chi connectivity index (χ4n) is 1.75. The van der Waals surface area contributed by atoms with Crippen molar-refractivity contribution < 1.29 is 28.7 Å². The van der Waals surface area contributed by atoms with Gasteiger partial charge < -0.3 is 26.0 Å². The van der Waals surface area contributed by atoms with Crippen molar-refractivity contribution in [1.82, 2.24) is 21.3 Å². The van der Waals surface area contributed by atoms with Crippen LogP contribution in [0.1, 0.15) is 34.6 Å². The van der Waals surface area contributed by atoms with E-state index < -0.39 is 47.9 Å². The molecule has 0 spiro atoms. The molecule has 10 nitrogen and oxygen atoms in total. The van der Waals surface area contributed by atoms with Crippen LogP contribution in [0.4, 0.5) is 0 Å². The second-order valence-corrected chi connectivity index (χ2v) is 5.64. The molecule has 0 heterocycles. The van der Waals surface area contributed by atoms with Gasteiger partial charge >= 0.3 is 5.97 Å². The highest BCUT2D eigenvalue weighted by Gasteiger charge is 2.25. The number of amides is 4. The summed E-state index contributed by atoms with van der Waals surface area (Å²) in [5, 5.41) is 9.63. The molecule has 0 aliphatic rings. The number of esters is 1. The first-order valence-electron chi connectivity index (χ1n) is 7.75. The van der Waals surface area contributed by atoms with E-state index in [9.17, 15) is 24.0 Å². The van der Waals surface area contributed by atoms with Crippen LogP contribution in [0.5, 0.6) is 0 Å². The Morgan fingerprint density at radius 1 is 0.640 bits per heavy atom. The molecule has 0 unspecified atom stereocenters. The molecule has 0 saturated heterocycles. The van der Waals surface area contributed by atoms with E-state index in [4.69, 9.17) is 0 Å². The molecule has 0 aromatic rings. The largest absolute Gasteiger partial charge is 0.467 e. The van der Waals surface area contributed by atoms with Gasteiger partial charge in [0, 0.05) is 6.92 Å². The summed E-state index contributed by atoms with van der Waals surface area (Å²) in [7, 11) is 1.20. The SMILES string of the molecule is COC(=O)[C@H](C)NC(=O)[C@H](C)NC(=O)[C@H](C)NC(=O)[C@H](C)NC(C)=O. The Balaban J connectivity index is 4.50. The van der Waals surface area contributed by atoms with Crippen LogP contribution in [0.3, 0.4) is 0 Å². The predicted molar refractivity (Wildman–Crippen MR) is 88.1 cm³/mol. The smallest absolute Gasteiger partial charge is 0.328 e. The summed E-state index contributed by atoms with van der Waals surface area (Å²) in [5.74, 6) is -2.67. The normalized spacial score (nSPS) is 15.0. The minimum absolute atomic E-state index is 0.371. The molecule has 4 amide bonds. The summed E-state index contributed by atoms with van der Waals surface area (Å²) in [4.78, 5) is 57.9. The van der Waals surface area contributed by atoms with Crippen molar-refractivity contribution in [3.05, 3.63) is 0 Å². The summed E-state index contributed by atoms with van der Waals surface area (Å²) in [6, 6.07) is -3.49. The average Bonchev–Trinajstić information content (AvgIpc) is 2.52. The van der Waals surface area contributed by atoms with E-state index in [1.165, 1.54) is 41.7 Å². The van der Waals surface area contributed by atoms with Crippen molar-refractivity contribution in [2.24, 2.45) is 0 Å². The first-order chi connectivity index (χ1) is 11.5. The van der Waals surface area contributed by atoms with Crippen molar-refractivity contribution in [3.63, 3.8) is 0 Å². The zero-order chi connectivity index (χ0) is 19.7. The molecule has 0 aromatic carbocycles. The third kappa shape index (κ3) is 8.13. The fourth-order valence-corrected chi connectivity index (χ4v) is 1.75. The number of nitrogens with one attached hydrogen (secondary N) is 4. The van der Waals surface area contributed by atoms with E-state index >= 15 is 0 Å². The second kappa shape index (κ2) is 10.3. The Morgan fingerprint density at radius 2 is 0.960 bits per heavy atom. The molecular weight excluding hydrogens is 332 g/mol. The summed E-state index contributed by atoms with van der Waals surface area (Å²) in [6.07, 6.45) is 0. The molecule has 0 radical (unpaired) electrons. The monoisotopic (exact) mass is 358 g/mol. The quantitative estimate of drug-likeness (QED) is 0.377. The van der Waals surface area contributed by atoms with Gasteiger partial charge in [-0.3, -0.25) is 19.2 Å². The van der Waals surface area contributed by atoms with Crippen molar-refractivity contribution >= 4 is 29.6 Å². The number of rotatable bonds is 8. The minimum atomic E-state index is -0.924. The lowest BCUT2D eigenvalue weighted by Gasteiger charge is -2.21. The molecule has 25 heavy (non-hydrogen) atoms. The summed E-state index contributed by atoms with van der Waals surface area (Å²) < 4.78 is 4.49.